The first kappa shape index (κ1) is 24.4. The van der Waals surface area contributed by atoms with Crippen LogP contribution in [0.2, 0.25) is 0 Å². The Bertz CT molecular complexity index is 129. The first-order valence-electron chi connectivity index (χ1n) is 1.46. The molecule has 0 heterocycles. The summed E-state index contributed by atoms with van der Waals surface area (Å²) in [6.45, 7) is 0. The van der Waals surface area contributed by atoms with Crippen molar-refractivity contribution in [2.24, 2.45) is 0 Å². The molecule has 0 unspecified atom stereocenters. The number of rotatable bonds is 0. The zero-order valence-electron chi connectivity index (χ0n) is 5.01. The van der Waals surface area contributed by atoms with Crippen molar-refractivity contribution in [1.29, 1.82) is 0 Å². The molecule has 8 nitrogen and oxygen atoms in total. The van der Waals surface area contributed by atoms with Crippen LogP contribution in [0.15, 0.2) is 0 Å². The van der Waals surface area contributed by atoms with Crippen molar-refractivity contribution >= 4 is 29.0 Å². The molecule has 75 valence electrons. The van der Waals surface area contributed by atoms with E-state index in [0.29, 0.717) is 0 Å². The summed E-state index contributed by atoms with van der Waals surface area (Å²) in [5.74, 6) is 0. The van der Waals surface area contributed by atoms with Crippen LogP contribution in [-0.4, -0.2) is 29.0 Å². The zero-order valence-corrected chi connectivity index (χ0v) is 14.1. The Labute approximate surface area is 140 Å². The molecule has 12 heteroatoms. The van der Waals surface area contributed by atoms with Gasteiger partial charge >= 0.3 is 144 Å². The van der Waals surface area contributed by atoms with Gasteiger partial charge in [-0.25, -0.2) is 0 Å². The summed E-state index contributed by atoms with van der Waals surface area (Å²) in [6.07, 6.45) is 0. The molecule has 0 aliphatic carbocycles. The Balaban J connectivity index is -0.0000000457. The minimum Gasteiger partial charge on any atom is 3.00 e. The van der Waals surface area contributed by atoms with Crippen molar-refractivity contribution in [3.63, 3.8) is 0 Å². The van der Waals surface area contributed by atoms with Gasteiger partial charge in [-0.1, -0.05) is 0 Å². The molecule has 1 radical (unpaired) electrons. The fourth-order valence-electron chi connectivity index (χ4n) is 0. The molecule has 0 rings (SSSR count). The van der Waals surface area contributed by atoms with Gasteiger partial charge in [0.15, 0.2) is 0 Å². The second-order valence-corrected chi connectivity index (χ2v) is 4.65. The van der Waals surface area contributed by atoms with Crippen LogP contribution in [0, 0.1) is 82.5 Å². The predicted octanol–water partition coefficient (Wildman–Crippen LogP) is -8.13. The van der Waals surface area contributed by atoms with Gasteiger partial charge in [0.25, 0.3) is 0 Å². The molecule has 0 N–H and O–H groups in total. The van der Waals surface area contributed by atoms with Gasteiger partial charge in [0, 0.05) is 0 Å². The average Bonchev–Trinajstić information content (AvgIpc) is 1.12. The molecule has 0 saturated heterocycles. The van der Waals surface area contributed by atoms with Crippen LogP contribution in [-0.2, 0) is 7.48 Å². The third-order valence-corrected chi connectivity index (χ3v) is 0. The van der Waals surface area contributed by atoms with Crippen molar-refractivity contribution < 1.29 is 115 Å². The van der Waals surface area contributed by atoms with Crippen LogP contribution >= 0.6 is 0 Å². The molecule has 0 spiro atoms. The second kappa shape index (κ2) is 10.7. The van der Waals surface area contributed by atoms with Crippen molar-refractivity contribution in [2.45, 2.75) is 0 Å². The maximum Gasteiger partial charge on any atom is 3.00 e. The Kier molecular flexibility index (Phi) is 21.8. The molecule has 0 aliphatic rings. The maximum atomic E-state index is 8.61. The van der Waals surface area contributed by atoms with Gasteiger partial charge in [0.05, 0.1) is 0 Å². The standard InChI is InChI=1S/2AsH3O4.La.Yb/c2*2-1(3,4)5;;/h2*(H3,2,3,4,5);;/q;;2*+3/p-6. The van der Waals surface area contributed by atoms with E-state index in [0.717, 1.165) is 0 Å². The van der Waals surface area contributed by atoms with Gasteiger partial charge < -0.3 is 0 Å². The van der Waals surface area contributed by atoms with Gasteiger partial charge in [-0.3, -0.25) is 0 Å². The summed E-state index contributed by atoms with van der Waals surface area (Å²) in [6, 6.07) is 0. The molecule has 0 bridgehead atoms. The van der Waals surface area contributed by atoms with Crippen LogP contribution < -0.4 is 24.6 Å². The fraction of sp³-hybridized carbons (Fsp3) is 0. The van der Waals surface area contributed by atoms with Gasteiger partial charge in [0.1, 0.15) is 0 Å². The Morgan fingerprint density at radius 3 is 0.667 bits per heavy atom. The van der Waals surface area contributed by atoms with Gasteiger partial charge in [-0.05, 0) is 0 Å². The van der Waals surface area contributed by atoms with Gasteiger partial charge in [0.2, 0.25) is 0 Å². The van der Waals surface area contributed by atoms with E-state index in [-0.39, 0.29) is 82.5 Å². The topological polar surface area (TPSA) is 172 Å². The summed E-state index contributed by atoms with van der Waals surface area (Å²) in [5.41, 5.74) is 0. The van der Waals surface area contributed by atoms with E-state index in [1.165, 1.54) is 0 Å². The second-order valence-electron chi connectivity index (χ2n) is 0.894. The fourth-order valence-corrected chi connectivity index (χ4v) is 0. The van der Waals surface area contributed by atoms with E-state index >= 15 is 0 Å². The zero-order chi connectivity index (χ0) is 9.00. The van der Waals surface area contributed by atoms with Crippen molar-refractivity contribution in [3.05, 3.63) is 0 Å². The van der Waals surface area contributed by atoms with E-state index in [1.807, 2.05) is 0 Å². The summed E-state index contributed by atoms with van der Waals surface area (Å²) in [4.78, 5) is 0. The number of hydrogen-bond acceptors (Lipinski definition) is 8. The summed E-state index contributed by atoms with van der Waals surface area (Å²) < 4.78 is 68.9. The molecular formula is As2LaO8Yb. The SMILES string of the molecule is O=[As]([O-])([O-])[O-].O=[As]([O-])([O-])[O-].[La+3].[Yb+3]. The van der Waals surface area contributed by atoms with E-state index in [4.69, 9.17) is 32.1 Å². The van der Waals surface area contributed by atoms with Crippen LogP contribution in [0.4, 0.5) is 0 Å². The van der Waals surface area contributed by atoms with Crippen molar-refractivity contribution in [2.75, 3.05) is 0 Å². The Morgan fingerprint density at radius 1 is 0.667 bits per heavy atom. The number of hydrogen-bond donors (Lipinski definition) is 0. The quantitative estimate of drug-likeness (QED) is 0.251. The molecule has 12 heavy (non-hydrogen) atoms. The monoisotopic (exact) mass is 591 g/mol. The maximum absolute atomic E-state index is 8.61. The summed E-state index contributed by atoms with van der Waals surface area (Å²) in [7, 11) is 0. The predicted molar refractivity (Wildman–Crippen MR) is 12.9 cm³/mol. The third kappa shape index (κ3) is 193. The molecular weight excluding hydrogens is 590 g/mol. The van der Waals surface area contributed by atoms with Gasteiger partial charge in [-0.15, -0.1) is 0 Å². The first-order chi connectivity index (χ1) is 4.00. The van der Waals surface area contributed by atoms with Crippen LogP contribution in [0.25, 0.3) is 0 Å². The molecule has 0 aromatic rings. The molecule has 0 fully saturated rings. The third-order valence-electron chi connectivity index (χ3n) is 0. The van der Waals surface area contributed by atoms with Crippen LogP contribution in [0.1, 0.15) is 0 Å². The smallest absolute Gasteiger partial charge is 3.00 e. The Morgan fingerprint density at radius 2 is 0.667 bits per heavy atom. The molecule has 0 aromatic carbocycles. The minimum absolute atomic E-state index is 0. The normalized spacial score (nSPS) is 9.83. The molecule has 0 atom stereocenters. The van der Waals surface area contributed by atoms with Crippen molar-refractivity contribution in [1.82, 2.24) is 0 Å². The van der Waals surface area contributed by atoms with Crippen molar-refractivity contribution in [3.8, 4) is 0 Å². The molecule has 0 aromatic heterocycles. The largest absolute Gasteiger partial charge is 3.00 e. The minimum atomic E-state index is -5.88. The van der Waals surface area contributed by atoms with E-state index in [9.17, 15) is 0 Å². The van der Waals surface area contributed by atoms with E-state index in [1.54, 1.807) is 0 Å². The van der Waals surface area contributed by atoms with E-state index < -0.39 is 29.0 Å². The molecule has 0 amide bonds. The summed E-state index contributed by atoms with van der Waals surface area (Å²) in [5, 5.41) is 0. The van der Waals surface area contributed by atoms with Crippen LogP contribution in [0.5, 0.6) is 0 Å². The van der Waals surface area contributed by atoms with Crippen LogP contribution in [0.3, 0.4) is 0 Å². The summed E-state index contributed by atoms with van der Waals surface area (Å²) >= 11 is -11.8. The van der Waals surface area contributed by atoms with E-state index in [2.05, 4.69) is 0 Å². The Hall–Kier alpha value is 3.19. The molecule has 0 aliphatic heterocycles. The van der Waals surface area contributed by atoms with Gasteiger partial charge in [-0.2, -0.15) is 0 Å². The first-order valence-corrected chi connectivity index (χ1v) is 7.59. The average molecular weight is 590 g/mol. The molecule has 0 saturated carbocycles.